The van der Waals surface area contributed by atoms with Gasteiger partial charge in [-0.05, 0) is 74.4 Å². The Morgan fingerprint density at radius 1 is 1.15 bits per heavy atom. The number of amides is 1. The minimum absolute atomic E-state index is 0.0179. The third kappa shape index (κ3) is 4.67. The number of carbonyl (C=O) groups is 1. The van der Waals surface area contributed by atoms with Crippen LogP contribution in [-0.4, -0.2) is 58.0 Å². The number of carbonyl (C=O) groups excluding carboxylic acids is 1. The van der Waals surface area contributed by atoms with Crippen molar-refractivity contribution in [2.45, 2.75) is 50.5 Å². The van der Waals surface area contributed by atoms with E-state index in [2.05, 4.69) is 10.3 Å². The topological polar surface area (TPSA) is 98.8 Å². The van der Waals surface area contributed by atoms with Crippen LogP contribution in [0.15, 0.2) is 52.9 Å². The Bertz CT molecular complexity index is 1070. The quantitative estimate of drug-likeness (QED) is 0.478. The van der Waals surface area contributed by atoms with Crippen LogP contribution in [0.4, 0.5) is 0 Å². The highest BCUT2D eigenvalue weighted by Gasteiger charge is 2.35. The summed E-state index contributed by atoms with van der Waals surface area (Å²) in [6, 6.07) is 15.1. The number of benzene rings is 2. The van der Waals surface area contributed by atoms with Crippen molar-refractivity contribution in [3.63, 3.8) is 0 Å². The predicted molar refractivity (Wildman–Crippen MR) is 125 cm³/mol. The summed E-state index contributed by atoms with van der Waals surface area (Å²) >= 11 is 0. The molecule has 1 unspecified atom stereocenters. The van der Waals surface area contributed by atoms with E-state index >= 15 is 0 Å². The molecule has 174 valence electrons. The lowest BCUT2D eigenvalue weighted by Crippen LogP contribution is -2.43. The zero-order valence-electron chi connectivity index (χ0n) is 18.9. The highest BCUT2D eigenvalue weighted by molar-refractivity contribution is 5.94. The van der Waals surface area contributed by atoms with Gasteiger partial charge < -0.3 is 19.5 Å². The molecule has 7 heteroatoms. The molecule has 2 aromatic carbocycles. The van der Waals surface area contributed by atoms with Gasteiger partial charge in [0.1, 0.15) is 11.7 Å². The van der Waals surface area contributed by atoms with Gasteiger partial charge in [0.25, 0.3) is 5.91 Å². The Kier molecular flexibility index (Phi) is 6.19. The zero-order chi connectivity index (χ0) is 22.9. The number of fused-ring (bicyclic) bond motifs is 1. The molecule has 7 nitrogen and oxygen atoms in total. The molecular weight excluding hydrogens is 418 g/mol. The number of aliphatic hydroxyl groups is 2. The SMILES string of the molecule is CN(C(=O)c1ccc(-c2nc3ccccc3o2)cc1)[C@@H]1CC[C@H](C(O)NCC2CC(O)C2)C1. The number of rotatable bonds is 7. The van der Waals surface area contributed by atoms with Gasteiger partial charge in [0.05, 0.1) is 6.10 Å². The summed E-state index contributed by atoms with van der Waals surface area (Å²) in [6.07, 6.45) is 3.45. The zero-order valence-corrected chi connectivity index (χ0v) is 18.9. The summed E-state index contributed by atoms with van der Waals surface area (Å²) in [5.41, 5.74) is 3.01. The second-order valence-corrected chi connectivity index (χ2v) is 9.55. The average Bonchev–Trinajstić information content (AvgIpc) is 3.47. The smallest absolute Gasteiger partial charge is 0.253 e. The number of aliphatic hydroxyl groups excluding tert-OH is 2. The van der Waals surface area contributed by atoms with Gasteiger partial charge in [0.2, 0.25) is 5.89 Å². The first-order chi connectivity index (χ1) is 16.0. The van der Waals surface area contributed by atoms with E-state index in [1.54, 1.807) is 0 Å². The third-order valence-corrected chi connectivity index (χ3v) is 7.26. The summed E-state index contributed by atoms with van der Waals surface area (Å²) in [5.74, 6) is 1.11. The molecule has 2 saturated carbocycles. The van der Waals surface area contributed by atoms with Crippen molar-refractivity contribution in [3.8, 4) is 11.5 Å². The fourth-order valence-electron chi connectivity index (χ4n) is 5.07. The first-order valence-electron chi connectivity index (χ1n) is 11.8. The second kappa shape index (κ2) is 9.25. The highest BCUT2D eigenvalue weighted by Crippen LogP contribution is 2.32. The normalized spacial score (nSPS) is 25.7. The predicted octanol–water partition coefficient (Wildman–Crippen LogP) is 3.41. The van der Waals surface area contributed by atoms with Gasteiger partial charge in [0, 0.05) is 36.7 Å². The maximum absolute atomic E-state index is 13.1. The number of hydrogen-bond donors (Lipinski definition) is 3. The van der Waals surface area contributed by atoms with Crippen LogP contribution in [0.2, 0.25) is 0 Å². The number of para-hydroxylation sites is 2. The van der Waals surface area contributed by atoms with Crippen LogP contribution in [0, 0.1) is 11.8 Å². The van der Waals surface area contributed by atoms with Crippen LogP contribution in [0.5, 0.6) is 0 Å². The van der Waals surface area contributed by atoms with Gasteiger partial charge in [0.15, 0.2) is 5.58 Å². The van der Waals surface area contributed by atoms with E-state index in [4.69, 9.17) is 4.42 Å². The van der Waals surface area contributed by atoms with Crippen molar-refractivity contribution < 1.29 is 19.4 Å². The summed E-state index contributed by atoms with van der Waals surface area (Å²) in [5, 5.41) is 23.2. The molecule has 0 bridgehead atoms. The maximum Gasteiger partial charge on any atom is 0.253 e. The van der Waals surface area contributed by atoms with E-state index in [9.17, 15) is 15.0 Å². The Morgan fingerprint density at radius 3 is 2.64 bits per heavy atom. The van der Waals surface area contributed by atoms with E-state index < -0.39 is 6.23 Å². The van der Waals surface area contributed by atoms with E-state index in [1.807, 2.05) is 60.5 Å². The molecule has 0 radical (unpaired) electrons. The molecule has 1 aromatic heterocycles. The Morgan fingerprint density at radius 2 is 1.91 bits per heavy atom. The largest absolute Gasteiger partial charge is 0.436 e. The molecule has 33 heavy (non-hydrogen) atoms. The first-order valence-corrected chi connectivity index (χ1v) is 11.8. The molecule has 1 heterocycles. The molecule has 2 aliphatic rings. The molecule has 2 fully saturated rings. The minimum Gasteiger partial charge on any atom is -0.436 e. The van der Waals surface area contributed by atoms with Gasteiger partial charge in [-0.1, -0.05) is 12.1 Å². The van der Waals surface area contributed by atoms with E-state index in [-0.39, 0.29) is 24.0 Å². The number of hydrogen-bond acceptors (Lipinski definition) is 6. The summed E-state index contributed by atoms with van der Waals surface area (Å²) in [6.45, 7) is 0.737. The van der Waals surface area contributed by atoms with Crippen LogP contribution in [0.3, 0.4) is 0 Å². The lowest BCUT2D eigenvalue weighted by Gasteiger charge is -2.33. The van der Waals surface area contributed by atoms with Gasteiger partial charge in [-0.3, -0.25) is 10.1 Å². The lowest BCUT2D eigenvalue weighted by atomic mass is 9.82. The van der Waals surface area contributed by atoms with E-state index in [1.165, 1.54) is 0 Å². The summed E-state index contributed by atoms with van der Waals surface area (Å²) < 4.78 is 5.82. The third-order valence-electron chi connectivity index (χ3n) is 7.26. The van der Waals surface area contributed by atoms with Gasteiger partial charge in [-0.2, -0.15) is 0 Å². The van der Waals surface area contributed by atoms with Crippen molar-refractivity contribution in [3.05, 3.63) is 54.1 Å². The highest BCUT2D eigenvalue weighted by atomic mass is 16.3. The standard InChI is InChI=1S/C26H31N3O4/c1-29(20-11-10-19(14-20)24(31)27-15-16-12-21(30)13-16)26(32)18-8-6-17(7-9-18)25-28-22-4-2-3-5-23(22)33-25/h2-9,16,19-21,24,27,30-31H,10-15H2,1H3/t16?,19-,20+,21?,24?/m0/s1. The molecule has 2 aliphatic carbocycles. The van der Waals surface area contributed by atoms with Crippen LogP contribution >= 0.6 is 0 Å². The number of nitrogens with zero attached hydrogens (tertiary/aromatic N) is 2. The Balaban J connectivity index is 1.17. The molecule has 3 atom stereocenters. The molecule has 1 amide bonds. The second-order valence-electron chi connectivity index (χ2n) is 9.55. The van der Waals surface area contributed by atoms with Crippen molar-refractivity contribution >= 4 is 17.0 Å². The lowest BCUT2D eigenvalue weighted by molar-refractivity contribution is 0.0213. The van der Waals surface area contributed by atoms with Gasteiger partial charge in [-0.25, -0.2) is 4.98 Å². The van der Waals surface area contributed by atoms with Crippen molar-refractivity contribution in [2.75, 3.05) is 13.6 Å². The minimum atomic E-state index is -0.563. The number of oxazole rings is 1. The van der Waals surface area contributed by atoms with Gasteiger partial charge >= 0.3 is 0 Å². The van der Waals surface area contributed by atoms with Crippen LogP contribution in [0.25, 0.3) is 22.6 Å². The molecule has 0 spiro atoms. The molecule has 0 aliphatic heterocycles. The van der Waals surface area contributed by atoms with Crippen molar-refractivity contribution in [2.24, 2.45) is 11.8 Å². The van der Waals surface area contributed by atoms with E-state index in [0.717, 1.165) is 55.3 Å². The monoisotopic (exact) mass is 449 g/mol. The van der Waals surface area contributed by atoms with Crippen LogP contribution < -0.4 is 5.32 Å². The Hall–Kier alpha value is -2.74. The van der Waals surface area contributed by atoms with Crippen LogP contribution in [-0.2, 0) is 0 Å². The van der Waals surface area contributed by atoms with Crippen molar-refractivity contribution in [1.29, 1.82) is 0 Å². The number of aromatic nitrogens is 1. The molecule has 3 N–H and O–H groups in total. The number of nitrogens with one attached hydrogen (secondary N) is 1. The molecule has 3 aromatic rings. The Labute approximate surface area is 193 Å². The first kappa shape index (κ1) is 22.1. The molecule has 5 rings (SSSR count). The summed E-state index contributed by atoms with van der Waals surface area (Å²) in [4.78, 5) is 19.4. The van der Waals surface area contributed by atoms with E-state index in [0.29, 0.717) is 17.4 Å². The fraction of sp³-hybridized carbons (Fsp3) is 0.462. The maximum atomic E-state index is 13.1. The fourth-order valence-corrected chi connectivity index (χ4v) is 5.07. The van der Waals surface area contributed by atoms with Crippen LogP contribution in [0.1, 0.15) is 42.5 Å². The summed E-state index contributed by atoms with van der Waals surface area (Å²) in [7, 11) is 1.85. The van der Waals surface area contributed by atoms with Crippen molar-refractivity contribution in [1.82, 2.24) is 15.2 Å². The average molecular weight is 450 g/mol. The molecular formula is C26H31N3O4. The van der Waals surface area contributed by atoms with Gasteiger partial charge in [-0.15, -0.1) is 0 Å². The molecule has 0 saturated heterocycles.